The van der Waals surface area contributed by atoms with E-state index >= 15 is 0 Å². The quantitative estimate of drug-likeness (QED) is 0.674. The summed E-state index contributed by atoms with van der Waals surface area (Å²) in [5, 5.41) is 4.54. The molecule has 3 rings (SSSR count). The van der Waals surface area contributed by atoms with Crippen LogP contribution in [0.2, 0.25) is 0 Å². The molecule has 0 aliphatic carbocycles. The molecule has 0 spiro atoms. The maximum atomic E-state index is 12.5. The van der Waals surface area contributed by atoms with Crippen LogP contribution in [-0.2, 0) is 9.47 Å². The first kappa shape index (κ1) is 17.4. The third-order valence-corrected chi connectivity index (χ3v) is 3.95. The molecule has 6 nitrogen and oxygen atoms in total. The van der Waals surface area contributed by atoms with Crippen molar-refractivity contribution < 1.29 is 19.1 Å². The molecule has 0 aliphatic heterocycles. The summed E-state index contributed by atoms with van der Waals surface area (Å²) in [6.07, 6.45) is 0. The minimum absolute atomic E-state index is 0.0297. The predicted octanol–water partition coefficient (Wildman–Crippen LogP) is 3.42. The highest BCUT2D eigenvalue weighted by Gasteiger charge is 2.31. The van der Waals surface area contributed by atoms with E-state index in [4.69, 9.17) is 9.47 Å². The molecule has 0 saturated carbocycles. The van der Waals surface area contributed by atoms with Gasteiger partial charge in [-0.15, -0.1) is 0 Å². The van der Waals surface area contributed by atoms with Crippen LogP contribution in [0.4, 0.5) is 0 Å². The van der Waals surface area contributed by atoms with E-state index in [1.807, 2.05) is 49.4 Å². The van der Waals surface area contributed by atoms with Crippen molar-refractivity contribution in [3.8, 4) is 16.9 Å². The van der Waals surface area contributed by atoms with Gasteiger partial charge in [0.25, 0.3) is 0 Å². The Kier molecular flexibility index (Phi) is 4.84. The lowest BCUT2D eigenvalue weighted by molar-refractivity contribution is 0.0549. The second-order valence-electron chi connectivity index (χ2n) is 5.67. The highest BCUT2D eigenvalue weighted by atomic mass is 16.5. The lowest BCUT2D eigenvalue weighted by Crippen LogP contribution is -2.15. The van der Waals surface area contributed by atoms with E-state index in [9.17, 15) is 9.59 Å². The Morgan fingerprint density at radius 3 is 2.23 bits per heavy atom. The maximum absolute atomic E-state index is 12.5. The van der Waals surface area contributed by atoms with Crippen LogP contribution in [-0.4, -0.2) is 35.9 Å². The molecule has 0 radical (unpaired) electrons. The topological polar surface area (TPSA) is 70.4 Å². The molecule has 26 heavy (non-hydrogen) atoms. The first-order valence-electron chi connectivity index (χ1n) is 7.99. The Bertz CT molecular complexity index is 961. The number of para-hydroxylation sites is 1. The smallest absolute Gasteiger partial charge is 0.357 e. The van der Waals surface area contributed by atoms with E-state index in [1.165, 1.54) is 18.9 Å². The zero-order valence-corrected chi connectivity index (χ0v) is 14.7. The van der Waals surface area contributed by atoms with Crippen molar-refractivity contribution in [3.63, 3.8) is 0 Å². The minimum Gasteiger partial charge on any atom is -0.465 e. The summed E-state index contributed by atoms with van der Waals surface area (Å²) < 4.78 is 11.2. The minimum atomic E-state index is -0.666. The van der Waals surface area contributed by atoms with Crippen LogP contribution in [0.1, 0.15) is 26.4 Å². The first-order valence-corrected chi connectivity index (χ1v) is 7.99. The second-order valence-corrected chi connectivity index (χ2v) is 5.67. The van der Waals surface area contributed by atoms with Crippen LogP contribution >= 0.6 is 0 Å². The van der Waals surface area contributed by atoms with Gasteiger partial charge in [0.05, 0.1) is 19.9 Å². The van der Waals surface area contributed by atoms with E-state index in [1.54, 1.807) is 12.1 Å². The average molecular weight is 350 g/mol. The van der Waals surface area contributed by atoms with Gasteiger partial charge in [0, 0.05) is 5.56 Å². The van der Waals surface area contributed by atoms with Gasteiger partial charge in [-0.25, -0.2) is 14.3 Å². The summed E-state index contributed by atoms with van der Waals surface area (Å²) in [5.41, 5.74) is 2.83. The fourth-order valence-corrected chi connectivity index (χ4v) is 2.75. The normalized spacial score (nSPS) is 10.4. The number of methoxy groups -OCH3 is 2. The van der Waals surface area contributed by atoms with Gasteiger partial charge < -0.3 is 9.47 Å². The fourth-order valence-electron chi connectivity index (χ4n) is 2.75. The standard InChI is InChI=1S/C20H18N2O4/c1-13-8-7-9-14(12-13)17-16(19(23)25-2)18(20(24)26-3)22(21-17)15-10-5-4-6-11-15/h4-12H,1-3H3. The van der Waals surface area contributed by atoms with Crippen molar-refractivity contribution in [2.45, 2.75) is 6.92 Å². The molecule has 0 N–H and O–H groups in total. The molecule has 0 saturated heterocycles. The second kappa shape index (κ2) is 7.23. The Morgan fingerprint density at radius 2 is 1.62 bits per heavy atom. The maximum Gasteiger partial charge on any atom is 0.357 e. The SMILES string of the molecule is COC(=O)c1c(-c2cccc(C)c2)nn(-c2ccccc2)c1C(=O)OC. The molecule has 0 aliphatic rings. The van der Waals surface area contributed by atoms with Crippen molar-refractivity contribution in [2.75, 3.05) is 14.2 Å². The summed E-state index contributed by atoms with van der Waals surface area (Å²) >= 11 is 0. The van der Waals surface area contributed by atoms with Crippen molar-refractivity contribution in [1.29, 1.82) is 0 Å². The van der Waals surface area contributed by atoms with Gasteiger partial charge in [-0.2, -0.15) is 5.10 Å². The van der Waals surface area contributed by atoms with Gasteiger partial charge in [-0.05, 0) is 25.1 Å². The first-order chi connectivity index (χ1) is 12.6. The predicted molar refractivity (Wildman–Crippen MR) is 96.4 cm³/mol. The lowest BCUT2D eigenvalue weighted by atomic mass is 10.0. The number of aryl methyl sites for hydroxylation is 1. The Labute approximate surface area is 151 Å². The zero-order valence-electron chi connectivity index (χ0n) is 14.7. The number of nitrogens with zero attached hydrogens (tertiary/aromatic N) is 2. The number of aromatic nitrogens is 2. The van der Waals surface area contributed by atoms with Crippen LogP contribution in [0.5, 0.6) is 0 Å². The molecular formula is C20H18N2O4. The van der Waals surface area contributed by atoms with Gasteiger partial charge in [0.1, 0.15) is 11.3 Å². The molecule has 0 amide bonds. The average Bonchev–Trinajstić information content (AvgIpc) is 3.08. The molecule has 1 aromatic heterocycles. The zero-order chi connectivity index (χ0) is 18.7. The van der Waals surface area contributed by atoms with E-state index in [0.717, 1.165) is 5.56 Å². The van der Waals surface area contributed by atoms with E-state index < -0.39 is 11.9 Å². The van der Waals surface area contributed by atoms with Crippen LogP contribution in [0, 0.1) is 6.92 Å². The number of esters is 2. The third kappa shape index (κ3) is 3.09. The highest BCUT2D eigenvalue weighted by Crippen LogP contribution is 2.29. The fraction of sp³-hybridized carbons (Fsp3) is 0.150. The molecule has 0 unspecified atom stereocenters. The molecule has 1 heterocycles. The molecule has 6 heteroatoms. The van der Waals surface area contributed by atoms with Crippen LogP contribution in [0.25, 0.3) is 16.9 Å². The third-order valence-electron chi connectivity index (χ3n) is 3.95. The molecule has 3 aromatic rings. The number of carbonyl (C=O) groups excluding carboxylic acids is 2. The largest absolute Gasteiger partial charge is 0.465 e. The van der Waals surface area contributed by atoms with Crippen molar-refractivity contribution in [2.24, 2.45) is 0 Å². The van der Waals surface area contributed by atoms with E-state index in [2.05, 4.69) is 5.10 Å². The lowest BCUT2D eigenvalue weighted by Gasteiger charge is -2.07. The van der Waals surface area contributed by atoms with Gasteiger partial charge in [0.15, 0.2) is 5.69 Å². The van der Waals surface area contributed by atoms with Gasteiger partial charge in [-0.1, -0.05) is 42.0 Å². The number of ether oxygens (including phenoxy) is 2. The molecule has 132 valence electrons. The number of hydrogen-bond donors (Lipinski definition) is 0. The number of rotatable bonds is 4. The summed E-state index contributed by atoms with van der Waals surface area (Å²) in [6, 6.07) is 16.6. The van der Waals surface area contributed by atoms with Crippen molar-refractivity contribution >= 4 is 11.9 Å². The summed E-state index contributed by atoms with van der Waals surface area (Å²) in [5.74, 6) is -1.32. The van der Waals surface area contributed by atoms with Crippen LogP contribution in [0.3, 0.4) is 0 Å². The molecule has 0 fully saturated rings. The van der Waals surface area contributed by atoms with Gasteiger partial charge in [-0.3, -0.25) is 0 Å². The van der Waals surface area contributed by atoms with Crippen LogP contribution < -0.4 is 0 Å². The Balaban J connectivity index is 2.36. The molecule has 0 bridgehead atoms. The number of carbonyl (C=O) groups is 2. The van der Waals surface area contributed by atoms with Crippen molar-refractivity contribution in [3.05, 3.63) is 71.4 Å². The molecule has 0 atom stereocenters. The van der Waals surface area contributed by atoms with E-state index in [0.29, 0.717) is 16.9 Å². The summed E-state index contributed by atoms with van der Waals surface area (Å²) in [4.78, 5) is 25.0. The molecular weight excluding hydrogens is 332 g/mol. The molecule has 2 aromatic carbocycles. The van der Waals surface area contributed by atoms with E-state index in [-0.39, 0.29) is 11.3 Å². The Morgan fingerprint density at radius 1 is 0.923 bits per heavy atom. The monoisotopic (exact) mass is 350 g/mol. The number of hydrogen-bond acceptors (Lipinski definition) is 5. The summed E-state index contributed by atoms with van der Waals surface area (Å²) in [7, 11) is 2.53. The Hall–Kier alpha value is -3.41. The highest BCUT2D eigenvalue weighted by molar-refractivity contribution is 6.06. The van der Waals surface area contributed by atoms with Crippen LogP contribution in [0.15, 0.2) is 54.6 Å². The van der Waals surface area contributed by atoms with Gasteiger partial charge >= 0.3 is 11.9 Å². The summed E-state index contributed by atoms with van der Waals surface area (Å²) in [6.45, 7) is 1.94. The van der Waals surface area contributed by atoms with Crippen molar-refractivity contribution in [1.82, 2.24) is 9.78 Å². The number of benzene rings is 2. The van der Waals surface area contributed by atoms with Gasteiger partial charge in [0.2, 0.25) is 0 Å².